The number of benzene rings is 1. The summed E-state index contributed by atoms with van der Waals surface area (Å²) in [5.41, 5.74) is 6.13. The lowest BCUT2D eigenvalue weighted by Crippen LogP contribution is -2.43. The molecule has 0 heterocycles. The summed E-state index contributed by atoms with van der Waals surface area (Å²) in [6.45, 7) is 3.81. The molecule has 0 aliphatic carbocycles. The lowest BCUT2D eigenvalue weighted by molar-refractivity contribution is -0.123. The summed E-state index contributed by atoms with van der Waals surface area (Å²) < 4.78 is 25.5. The van der Waals surface area contributed by atoms with Gasteiger partial charge in [0.15, 0.2) is 11.6 Å². The Kier molecular flexibility index (Phi) is 6.80. The minimum atomic E-state index is -0.926. The summed E-state index contributed by atoms with van der Waals surface area (Å²) in [6, 6.07) is 2.90. The number of amides is 1. The molecule has 1 amide bonds. The Balaban J connectivity index is 0.00000289. The molecule has 0 saturated heterocycles. The molecule has 0 aliphatic rings. The Morgan fingerprint density at radius 2 is 1.94 bits per heavy atom. The number of rotatable bonds is 4. The summed E-state index contributed by atoms with van der Waals surface area (Å²) in [7, 11) is 0. The summed E-state index contributed by atoms with van der Waals surface area (Å²) in [5, 5.41) is 2.57. The molecule has 0 fully saturated rings. The summed E-state index contributed by atoms with van der Waals surface area (Å²) >= 11 is 0. The van der Waals surface area contributed by atoms with Crippen molar-refractivity contribution in [1.29, 1.82) is 0 Å². The van der Waals surface area contributed by atoms with Crippen LogP contribution in [0.1, 0.15) is 19.4 Å². The first-order chi connectivity index (χ1) is 7.91. The molecule has 0 aromatic heterocycles. The molecule has 1 aromatic carbocycles. The van der Waals surface area contributed by atoms with Gasteiger partial charge in [-0.05, 0) is 23.6 Å². The standard InChI is InChI=1S/C12H16F2N2O.ClH/c1-7(2)11(15)12(17)16-6-8-3-4-9(13)10(14)5-8;/h3-5,7,11H,6,15H2,1-2H3,(H,16,17);1H/t11-;/m0./s1. The van der Waals surface area contributed by atoms with Crippen LogP contribution in [-0.2, 0) is 11.3 Å². The summed E-state index contributed by atoms with van der Waals surface area (Å²) in [4.78, 5) is 11.5. The first kappa shape index (κ1) is 16.8. The van der Waals surface area contributed by atoms with Crippen LogP contribution in [0.2, 0.25) is 0 Å². The lowest BCUT2D eigenvalue weighted by Gasteiger charge is -2.15. The smallest absolute Gasteiger partial charge is 0.237 e. The molecule has 1 atom stereocenters. The van der Waals surface area contributed by atoms with Gasteiger partial charge in [0.05, 0.1) is 6.04 Å². The Bertz CT molecular complexity index is 413. The number of hydrogen-bond donors (Lipinski definition) is 2. The van der Waals surface area contributed by atoms with Crippen molar-refractivity contribution in [3.63, 3.8) is 0 Å². The third-order valence-corrected chi connectivity index (χ3v) is 2.47. The van der Waals surface area contributed by atoms with Crippen molar-refractivity contribution in [3.05, 3.63) is 35.4 Å². The molecule has 102 valence electrons. The molecule has 1 rings (SSSR count). The highest BCUT2D eigenvalue weighted by atomic mass is 35.5. The second-order valence-electron chi connectivity index (χ2n) is 4.24. The molecule has 0 aliphatic heterocycles. The zero-order chi connectivity index (χ0) is 13.0. The quantitative estimate of drug-likeness (QED) is 0.885. The van der Waals surface area contributed by atoms with Gasteiger partial charge in [0.25, 0.3) is 0 Å². The summed E-state index contributed by atoms with van der Waals surface area (Å²) in [6.07, 6.45) is 0. The van der Waals surface area contributed by atoms with E-state index in [1.807, 2.05) is 13.8 Å². The van der Waals surface area contributed by atoms with Crippen molar-refractivity contribution in [3.8, 4) is 0 Å². The molecule has 18 heavy (non-hydrogen) atoms. The van der Waals surface area contributed by atoms with E-state index < -0.39 is 17.7 Å². The minimum Gasteiger partial charge on any atom is -0.351 e. The van der Waals surface area contributed by atoms with Crippen LogP contribution in [0.3, 0.4) is 0 Å². The molecular formula is C12H17ClF2N2O. The SMILES string of the molecule is CC(C)[C@H](N)C(=O)NCc1ccc(F)c(F)c1.Cl. The molecule has 0 bridgehead atoms. The van der Waals surface area contributed by atoms with Gasteiger partial charge in [0.2, 0.25) is 5.91 Å². The van der Waals surface area contributed by atoms with Crippen molar-refractivity contribution in [1.82, 2.24) is 5.32 Å². The van der Waals surface area contributed by atoms with Crippen molar-refractivity contribution in [2.45, 2.75) is 26.4 Å². The van der Waals surface area contributed by atoms with Crippen LogP contribution in [0.4, 0.5) is 8.78 Å². The van der Waals surface area contributed by atoms with Gasteiger partial charge in [-0.25, -0.2) is 8.78 Å². The fraction of sp³-hybridized carbons (Fsp3) is 0.417. The van der Waals surface area contributed by atoms with E-state index in [0.717, 1.165) is 12.1 Å². The van der Waals surface area contributed by atoms with Crippen molar-refractivity contribution in [2.24, 2.45) is 11.7 Å². The van der Waals surface area contributed by atoms with Crippen LogP contribution in [0, 0.1) is 17.6 Å². The van der Waals surface area contributed by atoms with E-state index in [1.54, 1.807) is 0 Å². The monoisotopic (exact) mass is 278 g/mol. The molecule has 0 spiro atoms. The van der Waals surface area contributed by atoms with E-state index in [1.165, 1.54) is 6.07 Å². The zero-order valence-electron chi connectivity index (χ0n) is 10.2. The molecule has 3 N–H and O–H groups in total. The van der Waals surface area contributed by atoms with Crippen LogP contribution in [0.25, 0.3) is 0 Å². The first-order valence-electron chi connectivity index (χ1n) is 5.39. The highest BCUT2D eigenvalue weighted by Gasteiger charge is 2.16. The topological polar surface area (TPSA) is 55.1 Å². The third-order valence-electron chi connectivity index (χ3n) is 2.47. The molecular weight excluding hydrogens is 262 g/mol. The normalized spacial score (nSPS) is 11.9. The van der Waals surface area contributed by atoms with Crippen molar-refractivity contribution >= 4 is 18.3 Å². The average Bonchev–Trinajstić information content (AvgIpc) is 2.29. The Morgan fingerprint density at radius 3 is 2.44 bits per heavy atom. The van der Waals surface area contributed by atoms with E-state index in [-0.39, 0.29) is 30.8 Å². The van der Waals surface area contributed by atoms with Gasteiger partial charge in [-0.15, -0.1) is 12.4 Å². The fourth-order valence-corrected chi connectivity index (χ4v) is 1.26. The molecule has 1 aromatic rings. The van der Waals surface area contributed by atoms with Crippen molar-refractivity contribution in [2.75, 3.05) is 0 Å². The molecule has 0 unspecified atom stereocenters. The molecule has 3 nitrogen and oxygen atoms in total. The molecule has 0 radical (unpaired) electrons. The maximum absolute atomic E-state index is 12.9. The van der Waals surface area contributed by atoms with Gasteiger partial charge >= 0.3 is 0 Å². The van der Waals surface area contributed by atoms with Crippen LogP contribution >= 0.6 is 12.4 Å². The second kappa shape index (κ2) is 7.28. The van der Waals surface area contributed by atoms with Crippen LogP contribution in [0.15, 0.2) is 18.2 Å². The number of halogens is 3. The van der Waals surface area contributed by atoms with Crippen LogP contribution in [-0.4, -0.2) is 11.9 Å². The van der Waals surface area contributed by atoms with E-state index in [2.05, 4.69) is 5.32 Å². The fourth-order valence-electron chi connectivity index (χ4n) is 1.26. The highest BCUT2D eigenvalue weighted by molar-refractivity contribution is 5.85. The molecule has 6 heteroatoms. The Morgan fingerprint density at radius 1 is 1.33 bits per heavy atom. The number of hydrogen-bond acceptors (Lipinski definition) is 2. The maximum Gasteiger partial charge on any atom is 0.237 e. The van der Waals surface area contributed by atoms with E-state index in [9.17, 15) is 13.6 Å². The zero-order valence-corrected chi connectivity index (χ0v) is 11.1. The largest absolute Gasteiger partial charge is 0.351 e. The van der Waals surface area contributed by atoms with Crippen LogP contribution in [0.5, 0.6) is 0 Å². The lowest BCUT2D eigenvalue weighted by atomic mass is 10.0. The van der Waals surface area contributed by atoms with Gasteiger partial charge in [-0.2, -0.15) is 0 Å². The Hall–Kier alpha value is -1.20. The van der Waals surface area contributed by atoms with Crippen LogP contribution < -0.4 is 11.1 Å². The van der Waals surface area contributed by atoms with Gasteiger partial charge in [0, 0.05) is 6.54 Å². The minimum absolute atomic E-state index is 0. The number of carbonyl (C=O) groups excluding carboxylic acids is 1. The number of nitrogens with one attached hydrogen (secondary N) is 1. The molecule has 0 saturated carbocycles. The van der Waals surface area contributed by atoms with Crippen molar-refractivity contribution < 1.29 is 13.6 Å². The maximum atomic E-state index is 12.9. The highest BCUT2D eigenvalue weighted by Crippen LogP contribution is 2.08. The predicted octanol–water partition coefficient (Wildman–Crippen LogP) is 1.99. The number of nitrogens with two attached hydrogens (primary N) is 1. The number of carbonyl (C=O) groups is 1. The second-order valence-corrected chi connectivity index (χ2v) is 4.24. The van der Waals surface area contributed by atoms with Gasteiger partial charge in [0.1, 0.15) is 0 Å². The van der Waals surface area contributed by atoms with E-state index in [0.29, 0.717) is 5.56 Å². The van der Waals surface area contributed by atoms with Gasteiger partial charge in [-0.1, -0.05) is 19.9 Å². The first-order valence-corrected chi connectivity index (χ1v) is 5.39. The average molecular weight is 279 g/mol. The van der Waals surface area contributed by atoms with E-state index >= 15 is 0 Å². The van der Waals surface area contributed by atoms with Gasteiger partial charge < -0.3 is 11.1 Å². The predicted molar refractivity (Wildman–Crippen MR) is 68.3 cm³/mol. The van der Waals surface area contributed by atoms with E-state index in [4.69, 9.17) is 5.73 Å². The van der Waals surface area contributed by atoms with Gasteiger partial charge in [-0.3, -0.25) is 4.79 Å². The Labute approximate surface area is 111 Å². The third kappa shape index (κ3) is 4.58. The summed E-state index contributed by atoms with van der Waals surface area (Å²) in [5.74, 6) is -2.10.